The van der Waals surface area contributed by atoms with E-state index in [0.29, 0.717) is 30.7 Å². The molecule has 5 rings (SSSR count). The maximum Gasteiger partial charge on any atom is 0.332 e. The second-order valence-electron chi connectivity index (χ2n) is 9.24. The average molecular weight is 433 g/mol. The van der Waals surface area contributed by atoms with Crippen molar-refractivity contribution >= 4 is 17.1 Å². The Balaban J connectivity index is 1.71. The number of nitrogens with zero attached hydrogens (tertiary/aromatic N) is 3. The third-order valence-corrected chi connectivity index (χ3v) is 7.21. The van der Waals surface area contributed by atoms with Crippen molar-refractivity contribution in [3.8, 4) is 0 Å². The third kappa shape index (κ3) is 3.52. The lowest BCUT2D eigenvalue weighted by atomic mass is 9.58. The number of hydrogen-bond donors (Lipinski definition) is 2. The Morgan fingerprint density at radius 2 is 1.68 bits per heavy atom. The van der Waals surface area contributed by atoms with Crippen LogP contribution in [0.5, 0.6) is 0 Å². The standard InChI is InChI=1S/C22H32N4O5/c1-4-12-25-16-15(17(27)26(13-5-2)20(25)30)23-19(24-16)21-6-9-22(10-7-21,11-8-21)31-14(3)18(28)29/h14H,4-13H2,1-3H3,(H,23,24)(H,28,29)/t14-,21?,22?/m1/s1. The number of aromatic amines is 1. The Kier molecular flexibility index (Phi) is 5.57. The summed E-state index contributed by atoms with van der Waals surface area (Å²) in [6.07, 6.45) is 5.41. The van der Waals surface area contributed by atoms with E-state index in [1.54, 1.807) is 11.5 Å². The van der Waals surface area contributed by atoms with Gasteiger partial charge in [-0.25, -0.2) is 14.6 Å². The molecule has 31 heavy (non-hydrogen) atoms. The van der Waals surface area contributed by atoms with Gasteiger partial charge in [0, 0.05) is 18.5 Å². The highest BCUT2D eigenvalue weighted by Gasteiger charge is 2.52. The Morgan fingerprint density at radius 1 is 1.10 bits per heavy atom. The normalized spacial score (nSPS) is 26.4. The fourth-order valence-corrected chi connectivity index (χ4v) is 5.37. The number of carbonyl (C=O) groups is 1. The van der Waals surface area contributed by atoms with Crippen LogP contribution >= 0.6 is 0 Å². The molecule has 2 bridgehead atoms. The van der Waals surface area contributed by atoms with Gasteiger partial charge in [-0.15, -0.1) is 0 Å². The van der Waals surface area contributed by atoms with Crippen LogP contribution < -0.4 is 11.2 Å². The van der Waals surface area contributed by atoms with E-state index in [-0.39, 0.29) is 22.3 Å². The largest absolute Gasteiger partial charge is 0.479 e. The van der Waals surface area contributed by atoms with Crippen molar-refractivity contribution in [2.75, 3.05) is 0 Å². The van der Waals surface area contributed by atoms with Gasteiger partial charge in [-0.1, -0.05) is 13.8 Å². The molecule has 3 fully saturated rings. The van der Waals surface area contributed by atoms with Gasteiger partial charge in [0.15, 0.2) is 11.8 Å². The smallest absolute Gasteiger partial charge is 0.332 e. The lowest BCUT2D eigenvalue weighted by Crippen LogP contribution is -2.52. The summed E-state index contributed by atoms with van der Waals surface area (Å²) in [5.41, 5.74) is -0.311. The van der Waals surface area contributed by atoms with Crippen LogP contribution in [0.3, 0.4) is 0 Å². The van der Waals surface area contributed by atoms with Gasteiger partial charge < -0.3 is 14.8 Å². The van der Waals surface area contributed by atoms with Gasteiger partial charge in [0.05, 0.1) is 5.60 Å². The summed E-state index contributed by atoms with van der Waals surface area (Å²) in [6.45, 7) is 6.43. The minimum absolute atomic E-state index is 0.189. The Hall–Kier alpha value is -2.42. The molecular formula is C22H32N4O5. The molecule has 0 aliphatic heterocycles. The second kappa shape index (κ2) is 7.93. The number of carboxylic acids is 1. The molecule has 3 saturated carbocycles. The first-order valence-electron chi connectivity index (χ1n) is 11.4. The summed E-state index contributed by atoms with van der Waals surface area (Å²) in [4.78, 5) is 45.3. The molecule has 1 atom stereocenters. The van der Waals surface area contributed by atoms with E-state index in [4.69, 9.17) is 9.72 Å². The summed E-state index contributed by atoms with van der Waals surface area (Å²) in [6, 6.07) is 0. The number of aryl methyl sites for hydroxylation is 1. The fraction of sp³-hybridized carbons (Fsp3) is 0.727. The van der Waals surface area contributed by atoms with E-state index < -0.39 is 12.1 Å². The number of aromatic nitrogens is 4. The fourth-order valence-electron chi connectivity index (χ4n) is 5.37. The maximum absolute atomic E-state index is 13.0. The highest BCUT2D eigenvalue weighted by Crippen LogP contribution is 2.54. The van der Waals surface area contributed by atoms with Gasteiger partial charge in [-0.3, -0.25) is 13.9 Å². The van der Waals surface area contributed by atoms with Gasteiger partial charge in [-0.2, -0.15) is 0 Å². The van der Waals surface area contributed by atoms with Crippen molar-refractivity contribution in [3.63, 3.8) is 0 Å². The van der Waals surface area contributed by atoms with Crippen LogP contribution in [0, 0.1) is 0 Å². The molecular weight excluding hydrogens is 400 g/mol. The summed E-state index contributed by atoms with van der Waals surface area (Å²) in [5.74, 6) is -0.163. The summed E-state index contributed by atoms with van der Waals surface area (Å²) in [7, 11) is 0. The van der Waals surface area contributed by atoms with E-state index in [0.717, 1.165) is 50.8 Å². The number of fused-ring (bicyclic) bond motifs is 4. The van der Waals surface area contributed by atoms with Crippen LogP contribution in [-0.2, 0) is 28.0 Å². The van der Waals surface area contributed by atoms with Crippen LogP contribution in [0.25, 0.3) is 11.2 Å². The molecule has 0 radical (unpaired) electrons. The van der Waals surface area contributed by atoms with Gasteiger partial charge in [-0.05, 0) is 58.3 Å². The van der Waals surface area contributed by atoms with E-state index in [2.05, 4.69) is 4.98 Å². The van der Waals surface area contributed by atoms with E-state index >= 15 is 0 Å². The molecule has 3 aliphatic rings. The number of aliphatic carboxylic acids is 1. The molecule has 3 aliphatic carbocycles. The number of nitrogens with one attached hydrogen (secondary N) is 1. The predicted molar refractivity (Wildman–Crippen MR) is 115 cm³/mol. The van der Waals surface area contributed by atoms with Crippen molar-refractivity contribution < 1.29 is 14.6 Å². The molecule has 0 amide bonds. The SMILES string of the molecule is CCCn1c(=O)c2[nH]c(C34CCC(O[C@H](C)C(=O)O)(CC3)CC4)nc2n(CCC)c1=O. The molecule has 0 spiro atoms. The first-order valence-corrected chi connectivity index (χ1v) is 11.4. The van der Waals surface area contributed by atoms with Crippen molar-refractivity contribution in [2.24, 2.45) is 0 Å². The topological polar surface area (TPSA) is 119 Å². The molecule has 2 N–H and O–H groups in total. The number of rotatable bonds is 8. The molecule has 2 heterocycles. The van der Waals surface area contributed by atoms with Crippen LogP contribution in [0.4, 0.5) is 0 Å². The summed E-state index contributed by atoms with van der Waals surface area (Å²) >= 11 is 0. The van der Waals surface area contributed by atoms with E-state index in [1.807, 2.05) is 13.8 Å². The number of imidazole rings is 1. The molecule has 9 nitrogen and oxygen atoms in total. The predicted octanol–water partition coefficient (Wildman–Crippen LogP) is 2.54. The lowest BCUT2D eigenvalue weighted by molar-refractivity contribution is -0.178. The van der Waals surface area contributed by atoms with Crippen molar-refractivity contribution in [1.82, 2.24) is 19.1 Å². The van der Waals surface area contributed by atoms with Gasteiger partial charge >= 0.3 is 11.7 Å². The number of H-pyrrole nitrogens is 1. The van der Waals surface area contributed by atoms with Crippen LogP contribution in [0.2, 0.25) is 0 Å². The van der Waals surface area contributed by atoms with Gasteiger partial charge in [0.1, 0.15) is 11.3 Å². The monoisotopic (exact) mass is 432 g/mol. The zero-order valence-corrected chi connectivity index (χ0v) is 18.6. The Labute approximate surface area is 180 Å². The summed E-state index contributed by atoms with van der Waals surface area (Å²) < 4.78 is 8.90. The van der Waals surface area contributed by atoms with Crippen molar-refractivity contribution in [2.45, 2.75) is 102 Å². The van der Waals surface area contributed by atoms with Gasteiger partial charge in [0.2, 0.25) is 0 Å². The summed E-state index contributed by atoms with van der Waals surface area (Å²) in [5, 5.41) is 9.22. The molecule has 2 aromatic rings. The molecule has 0 aromatic carbocycles. The zero-order valence-electron chi connectivity index (χ0n) is 18.6. The number of ether oxygens (including phenoxy) is 1. The number of hydrogen-bond acceptors (Lipinski definition) is 5. The zero-order chi connectivity index (χ0) is 22.4. The number of carboxylic acid groups (broad SMARTS) is 1. The third-order valence-electron chi connectivity index (χ3n) is 7.21. The van der Waals surface area contributed by atoms with Crippen LogP contribution in [-0.4, -0.2) is 41.9 Å². The first-order chi connectivity index (χ1) is 14.8. The van der Waals surface area contributed by atoms with E-state index in [1.165, 1.54) is 4.57 Å². The van der Waals surface area contributed by atoms with Crippen LogP contribution in [0.1, 0.15) is 78.0 Å². The quantitative estimate of drug-likeness (QED) is 0.662. The maximum atomic E-state index is 13.0. The van der Waals surface area contributed by atoms with Crippen molar-refractivity contribution in [1.29, 1.82) is 0 Å². The Morgan fingerprint density at radius 3 is 2.23 bits per heavy atom. The van der Waals surface area contributed by atoms with Crippen LogP contribution in [0.15, 0.2) is 9.59 Å². The molecule has 2 aromatic heterocycles. The Bertz CT molecular complexity index is 1090. The minimum atomic E-state index is -0.939. The van der Waals surface area contributed by atoms with Gasteiger partial charge in [0.25, 0.3) is 5.56 Å². The molecule has 170 valence electrons. The van der Waals surface area contributed by atoms with E-state index in [9.17, 15) is 19.5 Å². The highest BCUT2D eigenvalue weighted by molar-refractivity contribution is 5.72. The second-order valence-corrected chi connectivity index (χ2v) is 9.24. The van der Waals surface area contributed by atoms with Crippen molar-refractivity contribution in [3.05, 3.63) is 26.7 Å². The molecule has 0 unspecified atom stereocenters. The lowest BCUT2D eigenvalue weighted by Gasteiger charge is -2.52. The minimum Gasteiger partial charge on any atom is -0.479 e. The molecule has 0 saturated heterocycles. The highest BCUT2D eigenvalue weighted by atomic mass is 16.5. The average Bonchev–Trinajstić information content (AvgIpc) is 3.21. The molecule has 9 heteroatoms. The first kappa shape index (κ1) is 21.8.